The number of aliphatic hydroxyl groups excluding tert-OH is 1. The fourth-order valence-electron chi connectivity index (χ4n) is 7.86. The quantitative estimate of drug-likeness (QED) is 0.0803. The number of anilines is 1. The molecule has 15 nitrogen and oxygen atoms in total. The first-order chi connectivity index (χ1) is 28.4. The molecule has 5 atom stereocenters. The summed E-state index contributed by atoms with van der Waals surface area (Å²) in [6, 6.07) is 11.0. The number of amides is 3. The topological polar surface area (TPSA) is 184 Å². The van der Waals surface area contributed by atoms with Crippen LogP contribution in [0.3, 0.4) is 0 Å². The van der Waals surface area contributed by atoms with Crippen LogP contribution in [0, 0.1) is 12.3 Å². The molecular formula is C43H61N9O6S. The number of nitrogens with one attached hydrogen (secondary N) is 4. The highest BCUT2D eigenvalue weighted by molar-refractivity contribution is 7.13. The number of likely N-dealkylation sites (tertiary alicyclic amines) is 1. The van der Waals surface area contributed by atoms with Gasteiger partial charge in [0.15, 0.2) is 5.65 Å². The zero-order chi connectivity index (χ0) is 41.9. The number of ether oxygens (including phenoxy) is 2. The van der Waals surface area contributed by atoms with Crippen molar-refractivity contribution in [3.05, 3.63) is 65.1 Å². The van der Waals surface area contributed by atoms with Crippen LogP contribution >= 0.6 is 11.3 Å². The van der Waals surface area contributed by atoms with Crippen LogP contribution in [0.25, 0.3) is 16.1 Å². The maximum atomic E-state index is 13.9. The van der Waals surface area contributed by atoms with E-state index in [1.165, 1.54) is 4.90 Å². The van der Waals surface area contributed by atoms with Crippen molar-refractivity contribution in [1.29, 1.82) is 0 Å². The van der Waals surface area contributed by atoms with Crippen LogP contribution in [0.1, 0.15) is 83.2 Å². The third-order valence-corrected chi connectivity index (χ3v) is 11.9. The summed E-state index contributed by atoms with van der Waals surface area (Å²) in [5.74, 6) is 0.393. The second kappa shape index (κ2) is 20.7. The van der Waals surface area contributed by atoms with Crippen LogP contribution < -0.4 is 21.3 Å². The highest BCUT2D eigenvalue weighted by Gasteiger charge is 2.43. The number of nitrogens with zero attached hydrogens (tertiary/aromatic N) is 5. The van der Waals surface area contributed by atoms with E-state index in [0.29, 0.717) is 39.5 Å². The Morgan fingerprint density at radius 3 is 2.51 bits per heavy atom. The highest BCUT2D eigenvalue weighted by atomic mass is 32.1. The van der Waals surface area contributed by atoms with Gasteiger partial charge in [-0.05, 0) is 49.1 Å². The molecule has 1 aliphatic heterocycles. The van der Waals surface area contributed by atoms with Gasteiger partial charge in [0, 0.05) is 62.4 Å². The van der Waals surface area contributed by atoms with E-state index in [0.717, 1.165) is 71.0 Å². The van der Waals surface area contributed by atoms with E-state index in [1.54, 1.807) is 17.5 Å². The lowest BCUT2D eigenvalue weighted by atomic mass is 9.85. The number of rotatable bonds is 20. The van der Waals surface area contributed by atoms with Crippen LogP contribution in [0.5, 0.6) is 0 Å². The van der Waals surface area contributed by atoms with Crippen molar-refractivity contribution in [2.24, 2.45) is 5.41 Å². The van der Waals surface area contributed by atoms with E-state index < -0.39 is 23.6 Å². The molecule has 4 aromatic rings. The Labute approximate surface area is 351 Å². The van der Waals surface area contributed by atoms with E-state index >= 15 is 0 Å². The molecule has 2 fully saturated rings. The Balaban J connectivity index is 0.855. The molecule has 1 saturated heterocycles. The molecule has 2 aliphatic rings. The summed E-state index contributed by atoms with van der Waals surface area (Å²) in [7, 11) is 0. The smallest absolute Gasteiger partial charge is 0.243 e. The van der Waals surface area contributed by atoms with Gasteiger partial charge in [0.2, 0.25) is 17.7 Å². The van der Waals surface area contributed by atoms with Gasteiger partial charge in [0.1, 0.15) is 11.9 Å². The Kier molecular flexibility index (Phi) is 15.4. The van der Waals surface area contributed by atoms with Crippen molar-refractivity contribution < 1.29 is 29.0 Å². The van der Waals surface area contributed by atoms with Gasteiger partial charge in [0.25, 0.3) is 0 Å². The number of aryl methyl sites for hydroxylation is 2. The third kappa shape index (κ3) is 12.1. The number of β-amino-alcohol motifs (C(OH)–C–C–N with tert-alkyl or cyclic N) is 1. The van der Waals surface area contributed by atoms with Gasteiger partial charge in [-0.3, -0.25) is 14.4 Å². The number of hydrogen-bond donors (Lipinski definition) is 5. The van der Waals surface area contributed by atoms with Crippen LogP contribution in [0.4, 0.5) is 5.82 Å². The predicted molar refractivity (Wildman–Crippen MR) is 228 cm³/mol. The number of aromatic nitrogens is 4. The lowest BCUT2D eigenvalue weighted by molar-refractivity contribution is -0.142. The summed E-state index contributed by atoms with van der Waals surface area (Å²) < 4.78 is 13.3. The average Bonchev–Trinajstić information content (AvgIpc) is 4.03. The molecule has 0 radical (unpaired) electrons. The fraction of sp³-hybridized carbons (Fsp3) is 0.581. The van der Waals surface area contributed by atoms with Gasteiger partial charge in [-0.15, -0.1) is 11.3 Å². The number of aliphatic hydroxyl groups is 1. The van der Waals surface area contributed by atoms with Crippen LogP contribution in [-0.2, 0) is 36.8 Å². The zero-order valence-corrected chi connectivity index (χ0v) is 35.9. The van der Waals surface area contributed by atoms with Crippen molar-refractivity contribution >= 4 is 40.5 Å². The first-order valence-electron chi connectivity index (χ1n) is 20.9. The largest absolute Gasteiger partial charge is 0.391 e. The van der Waals surface area contributed by atoms with E-state index in [2.05, 4.69) is 49.3 Å². The first-order valence-corrected chi connectivity index (χ1v) is 21.8. The maximum absolute atomic E-state index is 13.9. The van der Waals surface area contributed by atoms with Crippen molar-refractivity contribution in [2.75, 3.05) is 44.8 Å². The Hall–Kier alpha value is -4.48. The lowest BCUT2D eigenvalue weighted by Gasteiger charge is -2.35. The minimum atomic E-state index is -0.782. The molecule has 0 spiro atoms. The molecule has 6 rings (SSSR count). The van der Waals surface area contributed by atoms with Gasteiger partial charge in [-0.1, -0.05) is 58.4 Å². The zero-order valence-electron chi connectivity index (χ0n) is 35.0. The first kappa shape index (κ1) is 44.1. The SMILES string of the molecule is CCCc1cc(N[C@@H]2CC[C@@H](NC(=O)CCOCCOCCN[C@H](C(=O)N3C[C@H](O)C[C@H]3C(=O)NCc3ccc(-c4scnc4C)cc3)C(C)(C)C)C2)n2nccc2n1. The van der Waals surface area contributed by atoms with Gasteiger partial charge in [-0.2, -0.15) is 9.61 Å². The Bertz CT molecular complexity index is 2000. The fourth-order valence-corrected chi connectivity index (χ4v) is 8.67. The summed E-state index contributed by atoms with van der Waals surface area (Å²) >= 11 is 1.59. The molecule has 0 bridgehead atoms. The maximum Gasteiger partial charge on any atom is 0.243 e. The molecule has 1 saturated carbocycles. The van der Waals surface area contributed by atoms with Crippen molar-refractivity contribution in [3.63, 3.8) is 0 Å². The van der Waals surface area contributed by atoms with E-state index in [4.69, 9.17) is 9.47 Å². The van der Waals surface area contributed by atoms with Gasteiger partial charge in [0.05, 0.1) is 60.9 Å². The van der Waals surface area contributed by atoms with Crippen LogP contribution in [0.2, 0.25) is 0 Å². The predicted octanol–water partition coefficient (Wildman–Crippen LogP) is 4.27. The molecule has 59 heavy (non-hydrogen) atoms. The number of benzene rings is 1. The van der Waals surface area contributed by atoms with Crippen LogP contribution in [0.15, 0.2) is 48.1 Å². The third-order valence-electron chi connectivity index (χ3n) is 10.9. The molecule has 3 amide bonds. The van der Waals surface area contributed by atoms with Crippen molar-refractivity contribution in [1.82, 2.24) is 40.4 Å². The second-order valence-corrected chi connectivity index (χ2v) is 17.6. The highest BCUT2D eigenvalue weighted by Crippen LogP contribution is 2.29. The molecular weight excluding hydrogens is 771 g/mol. The number of fused-ring (bicyclic) bond motifs is 1. The molecule has 3 aromatic heterocycles. The standard InChI is InChI=1S/C43H61N9O6S/c1-6-7-31-23-37(52-36(48-31)14-16-47-52)49-32-12-13-33(22-32)50-38(54)15-18-57-20-21-58-19-17-44-40(43(3,4)5)42(56)51-26-34(53)24-35(51)41(55)45-25-29-8-10-30(11-9-29)39-28(2)46-27-59-39/h8-11,14,16,23,27,32-35,40,44,49,53H,6-7,12-13,15,17-22,24-26H2,1-5H3,(H,45,55)(H,50,54)/t32-,33-,34-,35+,40-/m1/s1. The molecule has 0 unspecified atom stereocenters. The van der Waals surface area contributed by atoms with Gasteiger partial charge < -0.3 is 40.7 Å². The van der Waals surface area contributed by atoms with E-state index in [9.17, 15) is 19.5 Å². The van der Waals surface area contributed by atoms with E-state index in [1.807, 2.05) is 68.1 Å². The van der Waals surface area contributed by atoms with Gasteiger partial charge in [-0.25, -0.2) is 9.97 Å². The number of carbonyl (C=O) groups is 3. The molecule has 5 N–H and O–H groups in total. The normalized spacial score (nSPS) is 19.9. The van der Waals surface area contributed by atoms with E-state index in [-0.39, 0.29) is 49.2 Å². The Morgan fingerprint density at radius 1 is 1.02 bits per heavy atom. The second-order valence-electron chi connectivity index (χ2n) is 16.7. The number of thiazole rings is 1. The van der Waals surface area contributed by atoms with Gasteiger partial charge >= 0.3 is 0 Å². The monoisotopic (exact) mass is 831 g/mol. The minimum absolute atomic E-state index is 0.0274. The molecule has 16 heteroatoms. The number of hydrogen-bond acceptors (Lipinski definition) is 12. The molecule has 1 aliphatic carbocycles. The van der Waals surface area contributed by atoms with Crippen LogP contribution in [-0.4, -0.2) is 117 Å². The molecule has 320 valence electrons. The van der Waals surface area contributed by atoms with Crippen molar-refractivity contribution in [3.8, 4) is 10.4 Å². The molecule has 1 aromatic carbocycles. The van der Waals surface area contributed by atoms with Crippen molar-refractivity contribution in [2.45, 2.75) is 116 Å². The number of carbonyl (C=O) groups excluding carboxylic acids is 3. The minimum Gasteiger partial charge on any atom is -0.391 e. The summed E-state index contributed by atoms with van der Waals surface area (Å²) in [5.41, 5.74) is 6.24. The summed E-state index contributed by atoms with van der Waals surface area (Å²) in [4.78, 5) is 51.6. The molecule has 4 heterocycles. The Morgan fingerprint density at radius 2 is 1.78 bits per heavy atom. The lowest BCUT2D eigenvalue weighted by Crippen LogP contribution is -2.57. The average molecular weight is 832 g/mol. The summed E-state index contributed by atoms with van der Waals surface area (Å²) in [6.45, 7) is 12.2. The summed E-state index contributed by atoms with van der Waals surface area (Å²) in [6.07, 6.45) is 6.07. The summed E-state index contributed by atoms with van der Waals surface area (Å²) in [5, 5.41) is 28.1.